The molecule has 19 heavy (non-hydrogen) atoms. The fourth-order valence-corrected chi connectivity index (χ4v) is 1.88. The Labute approximate surface area is 116 Å². The minimum atomic E-state index is -0.869. The number of amides is 1. The number of carbonyl (C=O) groups excluding carboxylic acids is 1. The van der Waals surface area contributed by atoms with Crippen molar-refractivity contribution >= 4 is 23.5 Å². The number of nitrogen functional groups attached to an aromatic ring is 1. The lowest BCUT2D eigenvalue weighted by Crippen LogP contribution is -2.49. The van der Waals surface area contributed by atoms with Gasteiger partial charge in [0.05, 0.1) is 11.8 Å². The number of nitrogens with zero attached hydrogens (tertiary/aromatic N) is 3. The summed E-state index contributed by atoms with van der Waals surface area (Å²) >= 11 is 1.20. The van der Waals surface area contributed by atoms with Gasteiger partial charge in [-0.15, -0.1) is 0 Å². The number of anilines is 1. The molecule has 0 aliphatic rings. The van der Waals surface area contributed by atoms with E-state index in [1.807, 2.05) is 13.8 Å². The van der Waals surface area contributed by atoms with Crippen molar-refractivity contribution < 1.29 is 4.79 Å². The van der Waals surface area contributed by atoms with Gasteiger partial charge in [0, 0.05) is 12.4 Å². The van der Waals surface area contributed by atoms with Gasteiger partial charge in [-0.2, -0.15) is 5.26 Å². The maximum atomic E-state index is 11.8. The third-order valence-electron chi connectivity index (χ3n) is 2.82. The highest BCUT2D eigenvalue weighted by atomic mass is 32.2. The van der Waals surface area contributed by atoms with Crippen LogP contribution in [0.3, 0.4) is 0 Å². The van der Waals surface area contributed by atoms with Crippen LogP contribution in [0.2, 0.25) is 0 Å². The summed E-state index contributed by atoms with van der Waals surface area (Å²) in [7, 11) is 0. The Morgan fingerprint density at radius 2 is 2.21 bits per heavy atom. The summed E-state index contributed by atoms with van der Waals surface area (Å²) in [5, 5.41) is 12.4. The molecule has 0 radical (unpaired) electrons. The van der Waals surface area contributed by atoms with E-state index in [1.165, 1.54) is 24.2 Å². The van der Waals surface area contributed by atoms with Crippen LogP contribution in [0.5, 0.6) is 0 Å². The summed E-state index contributed by atoms with van der Waals surface area (Å²) in [4.78, 5) is 19.8. The summed E-state index contributed by atoms with van der Waals surface area (Å²) in [5.41, 5.74) is 4.76. The molecule has 0 saturated carbocycles. The number of hydrogen-bond acceptors (Lipinski definition) is 6. The second-order valence-corrected chi connectivity index (χ2v) is 5.52. The third kappa shape index (κ3) is 4.10. The number of carbonyl (C=O) groups is 1. The molecular weight excluding hydrogens is 262 g/mol. The van der Waals surface area contributed by atoms with E-state index in [2.05, 4.69) is 21.4 Å². The van der Waals surface area contributed by atoms with E-state index in [-0.39, 0.29) is 17.6 Å². The average molecular weight is 279 g/mol. The van der Waals surface area contributed by atoms with E-state index < -0.39 is 5.54 Å². The fourth-order valence-electron chi connectivity index (χ4n) is 1.21. The molecule has 1 rings (SSSR count). The van der Waals surface area contributed by atoms with Gasteiger partial charge in [-0.1, -0.05) is 25.6 Å². The molecule has 0 bridgehead atoms. The van der Waals surface area contributed by atoms with Crippen molar-refractivity contribution in [1.29, 1.82) is 5.26 Å². The molecule has 0 fully saturated rings. The van der Waals surface area contributed by atoms with Gasteiger partial charge in [0.2, 0.25) is 5.91 Å². The van der Waals surface area contributed by atoms with E-state index in [4.69, 9.17) is 11.0 Å². The van der Waals surface area contributed by atoms with Crippen LogP contribution in [0.4, 0.5) is 5.82 Å². The van der Waals surface area contributed by atoms with Gasteiger partial charge in [-0.25, -0.2) is 9.97 Å². The lowest BCUT2D eigenvalue weighted by atomic mass is 9.90. The number of hydrogen-bond donors (Lipinski definition) is 2. The maximum Gasteiger partial charge on any atom is 0.231 e. The first-order valence-corrected chi connectivity index (χ1v) is 6.79. The van der Waals surface area contributed by atoms with Crippen molar-refractivity contribution in [3.63, 3.8) is 0 Å². The lowest BCUT2D eigenvalue weighted by molar-refractivity contribution is -0.120. The third-order valence-corrected chi connectivity index (χ3v) is 3.81. The molecule has 3 N–H and O–H groups in total. The van der Waals surface area contributed by atoms with E-state index in [0.717, 1.165) is 0 Å². The normalized spacial score (nSPS) is 13.6. The first kappa shape index (κ1) is 15.2. The van der Waals surface area contributed by atoms with Gasteiger partial charge in [0.15, 0.2) is 5.82 Å². The maximum absolute atomic E-state index is 11.8. The molecular formula is C12H17N5OS. The molecule has 0 aliphatic carbocycles. The number of aromatic nitrogens is 2. The zero-order valence-corrected chi connectivity index (χ0v) is 12.0. The molecule has 7 heteroatoms. The Morgan fingerprint density at radius 3 is 2.74 bits per heavy atom. The van der Waals surface area contributed by atoms with Crippen LogP contribution in [-0.4, -0.2) is 27.2 Å². The van der Waals surface area contributed by atoms with Gasteiger partial charge in [-0.3, -0.25) is 4.79 Å². The number of rotatable bonds is 5. The van der Waals surface area contributed by atoms with Gasteiger partial charge in [0.1, 0.15) is 10.6 Å². The van der Waals surface area contributed by atoms with E-state index in [9.17, 15) is 4.79 Å². The van der Waals surface area contributed by atoms with Gasteiger partial charge < -0.3 is 11.1 Å². The fraction of sp³-hybridized carbons (Fsp3) is 0.500. The number of nitrogens with two attached hydrogens (primary N) is 1. The SMILES string of the molecule is CC(C)C(C)(C#N)NC(=O)CSc1nccnc1N. The summed E-state index contributed by atoms with van der Waals surface area (Å²) < 4.78 is 0. The van der Waals surface area contributed by atoms with Crippen LogP contribution in [0.1, 0.15) is 20.8 Å². The van der Waals surface area contributed by atoms with Crippen LogP contribution < -0.4 is 11.1 Å². The zero-order valence-electron chi connectivity index (χ0n) is 11.2. The summed E-state index contributed by atoms with van der Waals surface area (Å²) in [6.07, 6.45) is 3.01. The van der Waals surface area contributed by atoms with Crippen molar-refractivity contribution in [2.45, 2.75) is 31.3 Å². The van der Waals surface area contributed by atoms with Gasteiger partial charge >= 0.3 is 0 Å². The molecule has 0 aliphatic heterocycles. The molecule has 0 saturated heterocycles. The smallest absolute Gasteiger partial charge is 0.231 e. The monoisotopic (exact) mass is 279 g/mol. The molecule has 1 aromatic heterocycles. The second-order valence-electron chi connectivity index (χ2n) is 4.55. The van der Waals surface area contributed by atoms with Gasteiger partial charge in [0.25, 0.3) is 0 Å². The molecule has 0 spiro atoms. The zero-order chi connectivity index (χ0) is 14.5. The number of nitrogens with one attached hydrogen (secondary N) is 1. The first-order chi connectivity index (χ1) is 8.89. The van der Waals surface area contributed by atoms with Crippen molar-refractivity contribution in [3.05, 3.63) is 12.4 Å². The van der Waals surface area contributed by atoms with Gasteiger partial charge in [-0.05, 0) is 12.8 Å². The summed E-state index contributed by atoms with van der Waals surface area (Å²) in [6.45, 7) is 5.48. The average Bonchev–Trinajstić information content (AvgIpc) is 2.37. The van der Waals surface area contributed by atoms with Crippen molar-refractivity contribution in [1.82, 2.24) is 15.3 Å². The predicted octanol–water partition coefficient (Wildman–Crippen LogP) is 1.21. The Hall–Kier alpha value is -1.81. The largest absolute Gasteiger partial charge is 0.381 e. The standard InChI is InChI=1S/C12H17N5OS/c1-8(2)12(3,7-13)17-9(18)6-19-11-10(14)15-4-5-16-11/h4-5,8H,6H2,1-3H3,(H2,14,15)(H,17,18). The highest BCUT2D eigenvalue weighted by molar-refractivity contribution is 8.00. The van der Waals surface area contributed by atoms with E-state index in [0.29, 0.717) is 10.8 Å². The number of nitriles is 1. The summed E-state index contributed by atoms with van der Waals surface area (Å²) in [6, 6.07) is 2.12. The predicted molar refractivity (Wildman–Crippen MR) is 74.2 cm³/mol. The van der Waals surface area contributed by atoms with Crippen molar-refractivity contribution in [2.75, 3.05) is 11.5 Å². The summed E-state index contributed by atoms with van der Waals surface area (Å²) in [5.74, 6) is 0.236. The van der Waals surface area contributed by atoms with Crippen LogP contribution in [0.15, 0.2) is 17.4 Å². The quantitative estimate of drug-likeness (QED) is 0.785. The van der Waals surface area contributed by atoms with Crippen LogP contribution >= 0.6 is 11.8 Å². The molecule has 1 aromatic rings. The van der Waals surface area contributed by atoms with Crippen LogP contribution in [0.25, 0.3) is 0 Å². The Bertz CT molecular complexity index is 499. The van der Waals surface area contributed by atoms with E-state index in [1.54, 1.807) is 6.92 Å². The molecule has 1 heterocycles. The van der Waals surface area contributed by atoms with Crippen molar-refractivity contribution in [2.24, 2.45) is 5.92 Å². The molecule has 1 amide bonds. The molecule has 0 aromatic carbocycles. The Morgan fingerprint density at radius 1 is 1.58 bits per heavy atom. The minimum Gasteiger partial charge on any atom is -0.381 e. The van der Waals surface area contributed by atoms with Crippen molar-refractivity contribution in [3.8, 4) is 6.07 Å². The minimum absolute atomic E-state index is 0.0213. The topological polar surface area (TPSA) is 105 Å². The highest BCUT2D eigenvalue weighted by Gasteiger charge is 2.29. The first-order valence-electron chi connectivity index (χ1n) is 5.80. The van der Waals surface area contributed by atoms with E-state index >= 15 is 0 Å². The van der Waals surface area contributed by atoms with Crippen LogP contribution in [-0.2, 0) is 4.79 Å². The molecule has 1 atom stereocenters. The Balaban J connectivity index is 2.58. The number of thioether (sulfide) groups is 1. The molecule has 6 nitrogen and oxygen atoms in total. The molecule has 102 valence electrons. The highest BCUT2D eigenvalue weighted by Crippen LogP contribution is 2.20. The Kier molecular flexibility index (Phi) is 5.12. The lowest BCUT2D eigenvalue weighted by Gasteiger charge is -2.27. The second kappa shape index (κ2) is 6.38. The van der Waals surface area contributed by atoms with Crippen LogP contribution in [0, 0.1) is 17.2 Å². The molecule has 1 unspecified atom stereocenters.